The molecule has 0 aromatic rings. The van der Waals surface area contributed by atoms with Gasteiger partial charge in [0.05, 0.1) is 18.3 Å². The fraction of sp³-hybridized carbons (Fsp3) is 1.00. The van der Waals surface area contributed by atoms with E-state index in [1.165, 1.54) is 25.7 Å². The molecule has 11 atom stereocenters. The Morgan fingerprint density at radius 2 is 1.74 bits per heavy atom. The smallest absolute Gasteiger partial charge is 0.0602 e. The van der Waals surface area contributed by atoms with Crippen molar-refractivity contribution >= 4 is 0 Å². The fourth-order valence-electron chi connectivity index (χ4n) is 8.79. The third-order valence-corrected chi connectivity index (χ3v) is 10.3. The summed E-state index contributed by atoms with van der Waals surface area (Å²) in [4.78, 5) is 0. The van der Waals surface area contributed by atoms with E-state index in [0.717, 1.165) is 32.1 Å². The minimum absolute atomic E-state index is 0. The van der Waals surface area contributed by atoms with E-state index in [4.69, 9.17) is 0 Å². The number of aliphatic hydroxyl groups is 3. The highest BCUT2D eigenvalue weighted by molar-refractivity contribution is 5.14. The molecular formula is C24H50O3. The molecule has 0 spiro atoms. The average molecular weight is 387 g/mol. The SMILES string of the molecule is CCCC(C)[C@H]1CCC2C3C(C[C@@H](O)[C@@]21C)[C@@]1(C)CC[C@H](O)CC1C[C@@H]3O.[HH].[HH].[HH].[HH]. The van der Waals surface area contributed by atoms with Crippen molar-refractivity contribution in [2.45, 2.75) is 104 Å². The normalized spacial score (nSPS) is 56.1. The van der Waals surface area contributed by atoms with Crippen LogP contribution in [0.4, 0.5) is 0 Å². The van der Waals surface area contributed by atoms with Crippen LogP contribution in [0.3, 0.4) is 0 Å². The van der Waals surface area contributed by atoms with Crippen LogP contribution in [-0.4, -0.2) is 33.6 Å². The molecule has 3 nitrogen and oxygen atoms in total. The van der Waals surface area contributed by atoms with Crippen molar-refractivity contribution in [3.63, 3.8) is 0 Å². The summed E-state index contributed by atoms with van der Waals surface area (Å²) >= 11 is 0. The maximum absolute atomic E-state index is 11.5. The molecule has 0 heterocycles. The Kier molecular flexibility index (Phi) is 5.22. The Bertz CT molecular complexity index is 567. The lowest BCUT2D eigenvalue weighted by atomic mass is 9.43. The second kappa shape index (κ2) is 6.99. The standard InChI is InChI=1S/C24H42O3.4H2/c1-5-6-14(2)17-7-8-18-22-19(13-21(27)24(17,18)4)23(3)10-9-16(25)11-15(23)12-20(22)26;;;;/h14-22,25-27H,5-13H2,1-4H3;4*1H/t14?,15?,16-,17+,18?,19?,20-,21+,22?,23-,24+;;;;/m0..../s1. The Balaban J connectivity index is 0.00000225. The van der Waals surface area contributed by atoms with Gasteiger partial charge in [0.15, 0.2) is 0 Å². The van der Waals surface area contributed by atoms with Crippen LogP contribution in [0.25, 0.3) is 0 Å². The molecule has 3 heteroatoms. The first-order chi connectivity index (χ1) is 12.7. The molecular weight excluding hydrogens is 336 g/mol. The number of aliphatic hydroxyl groups excluding tert-OH is 3. The van der Waals surface area contributed by atoms with Crippen molar-refractivity contribution in [2.24, 2.45) is 46.3 Å². The Hall–Kier alpha value is -0.120. The quantitative estimate of drug-likeness (QED) is 0.611. The summed E-state index contributed by atoms with van der Waals surface area (Å²) in [7, 11) is 0. The van der Waals surface area contributed by atoms with Crippen LogP contribution < -0.4 is 0 Å². The van der Waals surface area contributed by atoms with Crippen molar-refractivity contribution in [1.82, 2.24) is 0 Å². The lowest BCUT2D eigenvalue weighted by Crippen LogP contribution is -2.62. The number of hydrogen-bond donors (Lipinski definition) is 3. The van der Waals surface area contributed by atoms with E-state index >= 15 is 0 Å². The van der Waals surface area contributed by atoms with E-state index in [0.29, 0.717) is 35.5 Å². The summed E-state index contributed by atoms with van der Waals surface area (Å²) in [6, 6.07) is 0. The molecule has 0 aliphatic heterocycles. The van der Waals surface area contributed by atoms with E-state index < -0.39 is 0 Å². The van der Waals surface area contributed by atoms with Gasteiger partial charge in [-0.2, -0.15) is 0 Å². The minimum atomic E-state index is -0.254. The lowest BCUT2D eigenvalue weighted by molar-refractivity contribution is -0.207. The van der Waals surface area contributed by atoms with Gasteiger partial charge in [-0.1, -0.05) is 40.5 Å². The first-order valence-corrected chi connectivity index (χ1v) is 11.8. The topological polar surface area (TPSA) is 60.7 Å². The average Bonchev–Trinajstić information content (AvgIpc) is 2.96. The summed E-state index contributed by atoms with van der Waals surface area (Å²) in [5.74, 6) is 2.86. The Labute approximate surface area is 171 Å². The molecule has 0 bridgehead atoms. The molecule has 0 aromatic carbocycles. The molecule has 3 N–H and O–H groups in total. The van der Waals surface area contributed by atoms with Crippen LogP contribution in [0.1, 0.15) is 91.2 Å². The number of rotatable bonds is 3. The van der Waals surface area contributed by atoms with Gasteiger partial charge in [0.25, 0.3) is 0 Å². The second-order valence-electron chi connectivity index (χ2n) is 11.3. The molecule has 27 heavy (non-hydrogen) atoms. The Morgan fingerprint density at radius 1 is 1.00 bits per heavy atom. The van der Waals surface area contributed by atoms with E-state index in [9.17, 15) is 15.3 Å². The third-order valence-electron chi connectivity index (χ3n) is 10.3. The van der Waals surface area contributed by atoms with Crippen LogP contribution in [0.2, 0.25) is 0 Å². The Morgan fingerprint density at radius 3 is 2.44 bits per heavy atom. The maximum Gasteiger partial charge on any atom is 0.0602 e. The van der Waals surface area contributed by atoms with Gasteiger partial charge in [0.2, 0.25) is 0 Å². The van der Waals surface area contributed by atoms with Crippen LogP contribution in [0.15, 0.2) is 0 Å². The van der Waals surface area contributed by atoms with Crippen molar-refractivity contribution in [3.05, 3.63) is 0 Å². The summed E-state index contributed by atoms with van der Waals surface area (Å²) < 4.78 is 0. The zero-order valence-electron chi connectivity index (χ0n) is 17.9. The highest BCUT2D eigenvalue weighted by atomic mass is 16.3. The van der Waals surface area contributed by atoms with Gasteiger partial charge in [-0.25, -0.2) is 0 Å². The first kappa shape index (κ1) is 20.2. The number of fused-ring (bicyclic) bond motifs is 5. The molecule has 0 radical (unpaired) electrons. The van der Waals surface area contributed by atoms with Gasteiger partial charge >= 0.3 is 0 Å². The summed E-state index contributed by atoms with van der Waals surface area (Å²) in [6.07, 6.45) is 8.64. The predicted molar refractivity (Wildman–Crippen MR) is 117 cm³/mol. The summed E-state index contributed by atoms with van der Waals surface area (Å²) in [6.45, 7) is 9.42. The molecule has 4 fully saturated rings. The van der Waals surface area contributed by atoms with Crippen LogP contribution in [0.5, 0.6) is 0 Å². The predicted octanol–water partition coefficient (Wildman–Crippen LogP) is 5.37. The zero-order chi connectivity index (χ0) is 19.6. The van der Waals surface area contributed by atoms with Gasteiger partial charge in [-0.3, -0.25) is 0 Å². The molecule has 4 aliphatic rings. The highest BCUT2D eigenvalue weighted by Crippen LogP contribution is 2.68. The van der Waals surface area contributed by atoms with Crippen molar-refractivity contribution in [3.8, 4) is 0 Å². The molecule has 5 unspecified atom stereocenters. The lowest BCUT2D eigenvalue weighted by Gasteiger charge is -2.63. The third kappa shape index (κ3) is 2.86. The van der Waals surface area contributed by atoms with Crippen molar-refractivity contribution < 1.29 is 21.0 Å². The molecule has 0 saturated heterocycles. The molecule has 4 saturated carbocycles. The van der Waals surface area contributed by atoms with E-state index in [1.54, 1.807) is 0 Å². The largest absolute Gasteiger partial charge is 0.393 e. The molecule has 4 aliphatic carbocycles. The van der Waals surface area contributed by atoms with Gasteiger partial charge in [-0.05, 0) is 91.3 Å². The second-order valence-corrected chi connectivity index (χ2v) is 11.3. The summed E-state index contributed by atoms with van der Waals surface area (Å²) in [5.41, 5.74) is 0.146. The highest BCUT2D eigenvalue weighted by Gasteiger charge is 2.65. The molecule has 0 amide bonds. The van der Waals surface area contributed by atoms with Crippen molar-refractivity contribution in [1.29, 1.82) is 0 Å². The molecule has 4 rings (SSSR count). The van der Waals surface area contributed by atoms with Gasteiger partial charge in [-0.15, -0.1) is 0 Å². The van der Waals surface area contributed by atoms with Gasteiger partial charge < -0.3 is 15.3 Å². The molecule has 0 aromatic heterocycles. The first-order valence-electron chi connectivity index (χ1n) is 11.8. The number of hydrogen-bond acceptors (Lipinski definition) is 3. The van der Waals surface area contributed by atoms with Crippen LogP contribution >= 0.6 is 0 Å². The maximum atomic E-state index is 11.5. The van der Waals surface area contributed by atoms with E-state index in [-0.39, 0.29) is 34.8 Å². The van der Waals surface area contributed by atoms with Crippen LogP contribution in [0, 0.1) is 46.3 Å². The van der Waals surface area contributed by atoms with Crippen molar-refractivity contribution in [2.75, 3.05) is 0 Å². The fourth-order valence-corrected chi connectivity index (χ4v) is 8.79. The minimum Gasteiger partial charge on any atom is -0.393 e. The van der Waals surface area contributed by atoms with Crippen LogP contribution in [-0.2, 0) is 0 Å². The van der Waals surface area contributed by atoms with Gasteiger partial charge in [0, 0.05) is 5.71 Å². The molecule has 164 valence electrons. The van der Waals surface area contributed by atoms with E-state index in [1.807, 2.05) is 0 Å². The van der Waals surface area contributed by atoms with Gasteiger partial charge in [0.1, 0.15) is 0 Å². The monoisotopic (exact) mass is 386 g/mol. The van der Waals surface area contributed by atoms with E-state index in [2.05, 4.69) is 27.7 Å². The zero-order valence-corrected chi connectivity index (χ0v) is 17.9. The summed E-state index contributed by atoms with van der Waals surface area (Å²) in [5, 5.41) is 32.9.